The molecule has 1 amide bonds. The quantitative estimate of drug-likeness (QED) is 0.846. The highest BCUT2D eigenvalue weighted by atomic mass is 16.6. The largest absolute Gasteiger partial charge is 0.444 e. The molecule has 0 aliphatic carbocycles. The maximum Gasteiger partial charge on any atom is 0.410 e. The maximum absolute atomic E-state index is 12.1. The summed E-state index contributed by atoms with van der Waals surface area (Å²) in [6.45, 7) is 7.00. The standard InChI is InChI=1S/C15H22N2O2/c1-15(2,3)19-14(18)17-9-8-11-6-5-7-13(16-4)12(11)10-17/h5-7,16H,8-10H2,1-4H3. The maximum atomic E-state index is 12.1. The van der Waals surface area contributed by atoms with Crippen LogP contribution in [-0.4, -0.2) is 30.2 Å². The van der Waals surface area contributed by atoms with Crippen molar-refractivity contribution in [2.24, 2.45) is 0 Å². The number of hydrogen-bond donors (Lipinski definition) is 1. The Bertz CT molecular complexity index is 463. The van der Waals surface area contributed by atoms with Crippen LogP contribution in [0.1, 0.15) is 31.9 Å². The average molecular weight is 262 g/mol. The molecule has 104 valence electrons. The third-order valence-corrected chi connectivity index (χ3v) is 3.19. The second-order valence-electron chi connectivity index (χ2n) is 5.85. The minimum Gasteiger partial charge on any atom is -0.444 e. The number of nitrogens with zero attached hydrogens (tertiary/aromatic N) is 1. The van der Waals surface area contributed by atoms with Crippen LogP contribution in [0.5, 0.6) is 0 Å². The summed E-state index contributed by atoms with van der Waals surface area (Å²) in [7, 11) is 1.90. The van der Waals surface area contributed by atoms with Gasteiger partial charge in [0.15, 0.2) is 0 Å². The molecule has 0 saturated heterocycles. The molecule has 0 unspecified atom stereocenters. The van der Waals surface area contributed by atoms with Gasteiger partial charge >= 0.3 is 6.09 Å². The highest BCUT2D eigenvalue weighted by Crippen LogP contribution is 2.27. The lowest BCUT2D eigenvalue weighted by Crippen LogP contribution is -2.40. The number of rotatable bonds is 1. The van der Waals surface area contributed by atoms with Crippen molar-refractivity contribution in [2.75, 3.05) is 18.9 Å². The van der Waals surface area contributed by atoms with Crippen LogP contribution in [0.3, 0.4) is 0 Å². The van der Waals surface area contributed by atoms with E-state index in [1.165, 1.54) is 11.1 Å². The summed E-state index contributed by atoms with van der Waals surface area (Å²) in [5, 5.41) is 3.18. The van der Waals surface area contributed by atoms with Gasteiger partial charge in [0.2, 0.25) is 0 Å². The number of ether oxygens (including phenoxy) is 1. The number of carbonyl (C=O) groups is 1. The Balaban J connectivity index is 2.15. The first kappa shape index (κ1) is 13.7. The zero-order chi connectivity index (χ0) is 14.0. The van der Waals surface area contributed by atoms with Crippen LogP contribution in [0.2, 0.25) is 0 Å². The summed E-state index contributed by atoms with van der Waals surface area (Å²) >= 11 is 0. The van der Waals surface area contributed by atoms with Crippen LogP contribution in [0.25, 0.3) is 0 Å². The van der Waals surface area contributed by atoms with E-state index in [0.717, 1.165) is 18.7 Å². The topological polar surface area (TPSA) is 41.6 Å². The Morgan fingerprint density at radius 1 is 1.37 bits per heavy atom. The molecule has 0 saturated carbocycles. The van der Waals surface area contributed by atoms with E-state index >= 15 is 0 Å². The normalized spacial score (nSPS) is 14.8. The lowest BCUT2D eigenvalue weighted by atomic mass is 9.98. The Morgan fingerprint density at radius 3 is 2.74 bits per heavy atom. The van der Waals surface area contributed by atoms with E-state index in [-0.39, 0.29) is 6.09 Å². The monoisotopic (exact) mass is 262 g/mol. The predicted octanol–water partition coefficient (Wildman–Crippen LogP) is 3.02. The van der Waals surface area contributed by atoms with E-state index in [1.807, 2.05) is 40.0 Å². The first-order valence-corrected chi connectivity index (χ1v) is 6.67. The summed E-state index contributed by atoms with van der Waals surface area (Å²) in [4.78, 5) is 13.9. The van der Waals surface area contributed by atoms with Crippen molar-refractivity contribution in [1.29, 1.82) is 0 Å². The Hall–Kier alpha value is -1.71. The second kappa shape index (κ2) is 5.11. The molecule has 1 aliphatic rings. The Morgan fingerprint density at radius 2 is 2.11 bits per heavy atom. The number of fused-ring (bicyclic) bond motifs is 1. The van der Waals surface area contributed by atoms with E-state index in [4.69, 9.17) is 4.74 Å². The molecule has 4 heteroatoms. The van der Waals surface area contributed by atoms with Gasteiger partial charge in [-0.15, -0.1) is 0 Å². The average Bonchev–Trinajstić information content (AvgIpc) is 2.35. The first-order chi connectivity index (χ1) is 8.90. The molecule has 1 N–H and O–H groups in total. The summed E-state index contributed by atoms with van der Waals surface area (Å²) in [6.07, 6.45) is 0.647. The molecule has 4 nitrogen and oxygen atoms in total. The van der Waals surface area contributed by atoms with E-state index in [1.54, 1.807) is 4.90 Å². The predicted molar refractivity (Wildman–Crippen MR) is 76.3 cm³/mol. The summed E-state index contributed by atoms with van der Waals surface area (Å²) in [6, 6.07) is 6.22. The van der Waals surface area contributed by atoms with Gasteiger partial charge in [0.25, 0.3) is 0 Å². The van der Waals surface area contributed by atoms with Crippen molar-refractivity contribution in [3.63, 3.8) is 0 Å². The molecule has 2 rings (SSSR count). The fraction of sp³-hybridized carbons (Fsp3) is 0.533. The number of hydrogen-bond acceptors (Lipinski definition) is 3. The van der Waals surface area contributed by atoms with E-state index in [9.17, 15) is 4.79 Å². The van der Waals surface area contributed by atoms with Crippen molar-refractivity contribution < 1.29 is 9.53 Å². The van der Waals surface area contributed by atoms with Gasteiger partial charge in [-0.1, -0.05) is 12.1 Å². The fourth-order valence-corrected chi connectivity index (χ4v) is 2.30. The van der Waals surface area contributed by atoms with Gasteiger partial charge in [-0.2, -0.15) is 0 Å². The summed E-state index contributed by atoms with van der Waals surface area (Å²) in [5.41, 5.74) is 3.15. The summed E-state index contributed by atoms with van der Waals surface area (Å²) in [5.74, 6) is 0. The lowest BCUT2D eigenvalue weighted by molar-refractivity contribution is 0.0224. The zero-order valence-electron chi connectivity index (χ0n) is 12.1. The van der Waals surface area contributed by atoms with Gasteiger partial charge in [-0.3, -0.25) is 0 Å². The molecule has 0 radical (unpaired) electrons. The summed E-state index contributed by atoms with van der Waals surface area (Å²) < 4.78 is 5.43. The van der Waals surface area contributed by atoms with E-state index in [2.05, 4.69) is 11.4 Å². The van der Waals surface area contributed by atoms with Gasteiger partial charge in [-0.05, 0) is 44.4 Å². The van der Waals surface area contributed by atoms with Crippen LogP contribution in [-0.2, 0) is 17.7 Å². The van der Waals surface area contributed by atoms with Gasteiger partial charge in [0.05, 0.1) is 6.54 Å². The van der Waals surface area contributed by atoms with Crippen LogP contribution in [0.4, 0.5) is 10.5 Å². The minimum atomic E-state index is -0.445. The number of carbonyl (C=O) groups excluding carboxylic acids is 1. The van der Waals surface area contributed by atoms with Crippen molar-refractivity contribution in [1.82, 2.24) is 4.90 Å². The second-order valence-corrected chi connectivity index (χ2v) is 5.85. The van der Waals surface area contributed by atoms with Crippen molar-refractivity contribution in [3.8, 4) is 0 Å². The van der Waals surface area contributed by atoms with Gasteiger partial charge in [0, 0.05) is 19.3 Å². The SMILES string of the molecule is CNc1cccc2c1CN(C(=O)OC(C)(C)C)CC2. The highest BCUT2D eigenvalue weighted by Gasteiger charge is 2.26. The molecule has 0 fully saturated rings. The molecule has 1 aromatic carbocycles. The molecule has 1 heterocycles. The van der Waals surface area contributed by atoms with Gasteiger partial charge < -0.3 is 15.0 Å². The van der Waals surface area contributed by atoms with Crippen LogP contribution in [0.15, 0.2) is 18.2 Å². The Labute approximate surface area is 114 Å². The van der Waals surface area contributed by atoms with Crippen LogP contribution < -0.4 is 5.32 Å². The number of amides is 1. The number of anilines is 1. The number of nitrogens with one attached hydrogen (secondary N) is 1. The smallest absolute Gasteiger partial charge is 0.410 e. The molecule has 19 heavy (non-hydrogen) atoms. The highest BCUT2D eigenvalue weighted by molar-refractivity contribution is 5.69. The number of benzene rings is 1. The van der Waals surface area contributed by atoms with Crippen molar-refractivity contribution >= 4 is 11.8 Å². The van der Waals surface area contributed by atoms with Crippen molar-refractivity contribution in [2.45, 2.75) is 39.3 Å². The molecule has 0 aromatic heterocycles. The fourth-order valence-electron chi connectivity index (χ4n) is 2.30. The van der Waals surface area contributed by atoms with Crippen LogP contribution in [0, 0.1) is 0 Å². The molecule has 1 aromatic rings. The lowest BCUT2D eigenvalue weighted by Gasteiger charge is -2.32. The molecular formula is C15H22N2O2. The molecular weight excluding hydrogens is 240 g/mol. The third kappa shape index (κ3) is 3.19. The van der Waals surface area contributed by atoms with Gasteiger partial charge in [-0.25, -0.2) is 4.79 Å². The van der Waals surface area contributed by atoms with Gasteiger partial charge in [0.1, 0.15) is 5.60 Å². The zero-order valence-corrected chi connectivity index (χ0v) is 12.1. The van der Waals surface area contributed by atoms with E-state index < -0.39 is 5.60 Å². The molecule has 0 atom stereocenters. The minimum absolute atomic E-state index is 0.232. The van der Waals surface area contributed by atoms with Crippen LogP contribution >= 0.6 is 0 Å². The van der Waals surface area contributed by atoms with E-state index in [0.29, 0.717) is 6.54 Å². The first-order valence-electron chi connectivity index (χ1n) is 6.67. The third-order valence-electron chi connectivity index (χ3n) is 3.19. The molecule has 0 bridgehead atoms. The molecule has 0 spiro atoms. The Kier molecular flexibility index (Phi) is 3.69. The van der Waals surface area contributed by atoms with Crippen molar-refractivity contribution in [3.05, 3.63) is 29.3 Å². The molecule has 1 aliphatic heterocycles.